The first kappa shape index (κ1) is 25.0. The van der Waals surface area contributed by atoms with E-state index in [-0.39, 0.29) is 6.04 Å². The molecule has 1 unspecified atom stereocenters. The number of rotatable bonds is 15. The largest absolute Gasteiger partial charge is 0.496 e. The molecule has 0 aliphatic rings. The van der Waals surface area contributed by atoms with Gasteiger partial charge in [-0.3, -0.25) is 0 Å². The van der Waals surface area contributed by atoms with Crippen molar-refractivity contribution in [3.63, 3.8) is 0 Å². The number of nitrogens with one attached hydrogen (secondary N) is 1. The standard InChI is InChI=1S/C28H38N3O2/c1-3-4-5-6-7-8-9-10-11-16-27-30-28(33-31-27)23-19-17-22(18-20-23)25(29)21-24-14-12-13-15-26(24)32-2/h12-15,17-20,25,29H,3-11,16,21H2,1-2H3. The third-order valence-corrected chi connectivity index (χ3v) is 6.15. The number of para-hydroxylation sites is 1. The average molecular weight is 449 g/mol. The van der Waals surface area contributed by atoms with Crippen LogP contribution in [0.3, 0.4) is 0 Å². The van der Waals surface area contributed by atoms with Crippen molar-refractivity contribution in [3.05, 3.63) is 65.5 Å². The van der Waals surface area contributed by atoms with Crippen molar-refractivity contribution in [2.75, 3.05) is 7.11 Å². The van der Waals surface area contributed by atoms with E-state index in [0.29, 0.717) is 12.3 Å². The molecule has 2 aromatic carbocycles. The molecule has 1 heterocycles. The Morgan fingerprint density at radius 3 is 2.24 bits per heavy atom. The number of ether oxygens (including phenoxy) is 1. The summed E-state index contributed by atoms with van der Waals surface area (Å²) in [7, 11) is 1.67. The molecule has 33 heavy (non-hydrogen) atoms. The van der Waals surface area contributed by atoms with E-state index in [4.69, 9.17) is 15.0 Å². The van der Waals surface area contributed by atoms with Gasteiger partial charge in [0, 0.05) is 12.0 Å². The third kappa shape index (κ3) is 8.01. The van der Waals surface area contributed by atoms with E-state index in [1.165, 1.54) is 51.4 Å². The summed E-state index contributed by atoms with van der Waals surface area (Å²) in [5, 5.41) is 4.16. The van der Waals surface area contributed by atoms with Gasteiger partial charge in [-0.05, 0) is 42.2 Å². The monoisotopic (exact) mass is 448 g/mol. The first-order valence-corrected chi connectivity index (χ1v) is 12.5. The molecule has 0 amide bonds. The number of hydrogen-bond donors (Lipinski definition) is 0. The Hall–Kier alpha value is -2.66. The van der Waals surface area contributed by atoms with Crippen LogP contribution in [0.1, 0.15) is 87.7 Å². The Labute approximate surface area is 198 Å². The van der Waals surface area contributed by atoms with Gasteiger partial charge in [-0.25, -0.2) is 5.73 Å². The normalized spacial score (nSPS) is 12.1. The Balaban J connectivity index is 1.43. The highest BCUT2D eigenvalue weighted by Crippen LogP contribution is 2.26. The molecule has 0 saturated heterocycles. The lowest BCUT2D eigenvalue weighted by atomic mass is 9.98. The van der Waals surface area contributed by atoms with Gasteiger partial charge in [-0.2, -0.15) is 4.98 Å². The smallest absolute Gasteiger partial charge is 0.257 e. The second-order valence-electron chi connectivity index (χ2n) is 8.78. The molecule has 0 aliphatic heterocycles. The zero-order chi connectivity index (χ0) is 23.3. The van der Waals surface area contributed by atoms with Crippen LogP contribution in [0.25, 0.3) is 11.5 Å². The predicted molar refractivity (Wildman–Crippen MR) is 133 cm³/mol. The fourth-order valence-corrected chi connectivity index (χ4v) is 4.13. The molecule has 1 N–H and O–H groups in total. The summed E-state index contributed by atoms with van der Waals surface area (Å²) in [4.78, 5) is 4.57. The van der Waals surface area contributed by atoms with Crippen molar-refractivity contribution >= 4 is 0 Å². The summed E-state index contributed by atoms with van der Waals surface area (Å²) >= 11 is 0. The van der Waals surface area contributed by atoms with E-state index in [1.807, 2.05) is 48.5 Å². The summed E-state index contributed by atoms with van der Waals surface area (Å²) in [5.74, 6) is 2.17. The van der Waals surface area contributed by atoms with E-state index in [1.54, 1.807) is 7.11 Å². The quantitative estimate of drug-likeness (QED) is 0.227. The zero-order valence-electron chi connectivity index (χ0n) is 20.2. The minimum Gasteiger partial charge on any atom is -0.496 e. The van der Waals surface area contributed by atoms with Gasteiger partial charge in [0.15, 0.2) is 5.82 Å². The second kappa shape index (κ2) is 13.8. The van der Waals surface area contributed by atoms with Crippen LogP contribution < -0.4 is 10.5 Å². The van der Waals surface area contributed by atoms with Gasteiger partial charge in [0.25, 0.3) is 5.89 Å². The van der Waals surface area contributed by atoms with Gasteiger partial charge in [0.05, 0.1) is 13.2 Å². The van der Waals surface area contributed by atoms with Gasteiger partial charge in [0.2, 0.25) is 0 Å². The number of hydrogen-bond acceptors (Lipinski definition) is 4. The number of benzene rings is 2. The number of nitrogens with zero attached hydrogens (tertiary/aromatic N) is 2. The number of methoxy groups -OCH3 is 1. The fraction of sp³-hybridized carbons (Fsp3) is 0.500. The van der Waals surface area contributed by atoms with Crippen LogP contribution in [0.15, 0.2) is 53.1 Å². The summed E-state index contributed by atoms with van der Waals surface area (Å²) < 4.78 is 10.9. The summed E-state index contributed by atoms with van der Waals surface area (Å²) in [6.07, 6.45) is 13.2. The van der Waals surface area contributed by atoms with Gasteiger partial charge in [0.1, 0.15) is 5.75 Å². The summed E-state index contributed by atoms with van der Waals surface area (Å²) in [6, 6.07) is 15.4. The highest BCUT2D eigenvalue weighted by Gasteiger charge is 2.13. The Morgan fingerprint density at radius 2 is 1.55 bits per heavy atom. The van der Waals surface area contributed by atoms with Crippen molar-refractivity contribution in [2.24, 2.45) is 0 Å². The maximum absolute atomic E-state index is 8.56. The highest BCUT2D eigenvalue weighted by molar-refractivity contribution is 5.53. The maximum atomic E-state index is 8.56. The van der Waals surface area contributed by atoms with Crippen LogP contribution in [0.2, 0.25) is 0 Å². The maximum Gasteiger partial charge on any atom is 0.257 e. The third-order valence-electron chi connectivity index (χ3n) is 6.15. The van der Waals surface area contributed by atoms with Crippen molar-refractivity contribution in [3.8, 4) is 17.2 Å². The van der Waals surface area contributed by atoms with E-state index >= 15 is 0 Å². The van der Waals surface area contributed by atoms with Crippen LogP contribution in [-0.2, 0) is 12.8 Å². The van der Waals surface area contributed by atoms with Crippen molar-refractivity contribution in [2.45, 2.75) is 83.6 Å². The Kier molecular flexibility index (Phi) is 10.4. The van der Waals surface area contributed by atoms with Crippen LogP contribution in [0.4, 0.5) is 0 Å². The SMILES string of the molecule is CCCCCCCCCCCc1noc(-c2ccc(C([NH])Cc3ccccc3OC)cc2)n1. The first-order valence-electron chi connectivity index (χ1n) is 12.5. The van der Waals surface area contributed by atoms with Crippen LogP contribution in [-0.4, -0.2) is 17.3 Å². The second-order valence-corrected chi connectivity index (χ2v) is 8.78. The topological polar surface area (TPSA) is 72.0 Å². The summed E-state index contributed by atoms with van der Waals surface area (Å²) in [5.41, 5.74) is 11.5. The average Bonchev–Trinajstić information content (AvgIpc) is 3.32. The Bertz CT molecular complexity index is 936. The molecule has 0 fully saturated rings. The minimum atomic E-state index is -0.361. The number of aryl methyl sites for hydroxylation is 1. The van der Waals surface area contributed by atoms with Crippen LogP contribution >= 0.6 is 0 Å². The summed E-state index contributed by atoms with van der Waals surface area (Å²) in [6.45, 7) is 2.26. The molecule has 177 valence electrons. The lowest BCUT2D eigenvalue weighted by Crippen LogP contribution is -2.05. The lowest BCUT2D eigenvalue weighted by Gasteiger charge is -2.14. The van der Waals surface area contributed by atoms with Gasteiger partial charge in [-0.1, -0.05) is 93.8 Å². The predicted octanol–water partition coefficient (Wildman–Crippen LogP) is 7.39. The van der Waals surface area contributed by atoms with Gasteiger partial charge < -0.3 is 9.26 Å². The molecule has 0 saturated carbocycles. The molecule has 1 aromatic heterocycles. The van der Waals surface area contributed by atoms with Gasteiger partial charge in [-0.15, -0.1) is 0 Å². The van der Waals surface area contributed by atoms with Crippen LogP contribution in [0.5, 0.6) is 5.75 Å². The van der Waals surface area contributed by atoms with Crippen molar-refractivity contribution < 1.29 is 9.26 Å². The molecular formula is C28H38N3O2. The minimum absolute atomic E-state index is 0.361. The Morgan fingerprint density at radius 1 is 0.879 bits per heavy atom. The molecule has 1 radical (unpaired) electrons. The number of unbranched alkanes of at least 4 members (excludes halogenated alkanes) is 8. The molecule has 1 atom stereocenters. The fourth-order valence-electron chi connectivity index (χ4n) is 4.13. The van der Waals surface area contributed by atoms with E-state index in [9.17, 15) is 0 Å². The van der Waals surface area contributed by atoms with Crippen molar-refractivity contribution in [1.29, 1.82) is 0 Å². The molecule has 3 aromatic rings. The molecule has 5 nitrogen and oxygen atoms in total. The number of aromatic nitrogens is 2. The molecule has 0 bridgehead atoms. The van der Waals surface area contributed by atoms with Crippen LogP contribution in [0, 0.1) is 0 Å². The highest BCUT2D eigenvalue weighted by atomic mass is 16.5. The molecular weight excluding hydrogens is 410 g/mol. The molecule has 5 heteroatoms. The zero-order valence-corrected chi connectivity index (χ0v) is 20.2. The molecule has 0 aliphatic carbocycles. The lowest BCUT2D eigenvalue weighted by molar-refractivity contribution is 0.408. The first-order chi connectivity index (χ1) is 16.2. The van der Waals surface area contributed by atoms with E-state index in [0.717, 1.165) is 41.1 Å². The van der Waals surface area contributed by atoms with E-state index in [2.05, 4.69) is 17.1 Å². The van der Waals surface area contributed by atoms with Crippen molar-refractivity contribution in [1.82, 2.24) is 15.9 Å². The van der Waals surface area contributed by atoms with E-state index < -0.39 is 0 Å². The molecule has 0 spiro atoms. The molecule has 3 rings (SSSR count). The van der Waals surface area contributed by atoms with Gasteiger partial charge >= 0.3 is 0 Å².